The Morgan fingerprint density at radius 1 is 0.340 bits per heavy atom. The average molecular weight is 678 g/mol. The first-order valence-corrected chi connectivity index (χ1v) is 18.0. The Bertz CT molecular complexity index is 3170. The third kappa shape index (κ3) is 4.75. The third-order valence-electron chi connectivity index (χ3n) is 10.7. The van der Waals surface area contributed by atoms with Crippen LogP contribution in [-0.2, 0) is 0 Å². The zero-order valence-corrected chi connectivity index (χ0v) is 28.7. The van der Waals surface area contributed by atoms with Gasteiger partial charge in [0.25, 0.3) is 0 Å². The largest absolute Gasteiger partial charge is 0.456 e. The van der Waals surface area contributed by atoms with Crippen LogP contribution < -0.4 is 4.90 Å². The molecule has 0 aliphatic carbocycles. The molecule has 0 saturated carbocycles. The van der Waals surface area contributed by atoms with Gasteiger partial charge >= 0.3 is 0 Å². The number of fused-ring (bicyclic) bond motifs is 9. The van der Waals surface area contributed by atoms with Gasteiger partial charge in [-0.15, -0.1) is 0 Å². The van der Waals surface area contributed by atoms with Crippen LogP contribution in [0, 0.1) is 0 Å². The summed E-state index contributed by atoms with van der Waals surface area (Å²) in [4.78, 5) is 2.39. The predicted molar refractivity (Wildman–Crippen MR) is 222 cm³/mol. The van der Waals surface area contributed by atoms with Crippen molar-refractivity contribution >= 4 is 82.5 Å². The van der Waals surface area contributed by atoms with Crippen LogP contribution >= 0.6 is 0 Å². The lowest BCUT2D eigenvalue weighted by Gasteiger charge is -2.27. The summed E-state index contributed by atoms with van der Waals surface area (Å²) in [5.41, 5.74) is 11.2. The maximum absolute atomic E-state index is 6.73. The molecule has 0 unspecified atom stereocenters. The van der Waals surface area contributed by atoms with Crippen molar-refractivity contribution in [2.24, 2.45) is 0 Å². The predicted octanol–water partition coefficient (Wildman–Crippen LogP) is 14.6. The molecule has 9 aromatic carbocycles. The van der Waals surface area contributed by atoms with E-state index in [4.69, 9.17) is 8.83 Å². The molecule has 53 heavy (non-hydrogen) atoms. The van der Waals surface area contributed by atoms with Gasteiger partial charge in [-0.05, 0) is 98.9 Å². The zero-order valence-electron chi connectivity index (χ0n) is 28.7. The van der Waals surface area contributed by atoms with E-state index in [9.17, 15) is 0 Å². The standard InChI is InChI=1S/C50H31NO2/c1-2-10-33(11-3-1)40-27-28-45(49-42-15-7-9-17-47(42)53-50(40)49)51(38-26-22-35-19-18-34-12-4-5-13-39(34)43(35)31-38)37-24-20-32(21-25-37)36-23-29-48-44(30-36)41-14-6-8-16-46(41)52-48/h1-31H. The average Bonchev–Trinajstić information content (AvgIpc) is 3.80. The summed E-state index contributed by atoms with van der Waals surface area (Å²) in [6.07, 6.45) is 0. The molecule has 0 N–H and O–H groups in total. The fraction of sp³-hybridized carbons (Fsp3) is 0. The van der Waals surface area contributed by atoms with Crippen LogP contribution in [0.2, 0.25) is 0 Å². The molecule has 248 valence electrons. The van der Waals surface area contributed by atoms with E-state index >= 15 is 0 Å². The number of rotatable bonds is 5. The number of nitrogens with zero attached hydrogens (tertiary/aromatic N) is 1. The molecule has 2 aromatic heterocycles. The van der Waals surface area contributed by atoms with E-state index in [0.717, 1.165) is 83.2 Å². The van der Waals surface area contributed by atoms with Crippen LogP contribution in [0.1, 0.15) is 0 Å². The summed E-state index contributed by atoms with van der Waals surface area (Å²) in [5.74, 6) is 0. The molecule has 3 heteroatoms. The quantitative estimate of drug-likeness (QED) is 0.170. The van der Waals surface area contributed by atoms with Gasteiger partial charge in [-0.1, -0.05) is 127 Å². The van der Waals surface area contributed by atoms with Crippen molar-refractivity contribution in [1.82, 2.24) is 0 Å². The smallest absolute Gasteiger partial charge is 0.145 e. The van der Waals surface area contributed by atoms with Gasteiger partial charge in [0, 0.05) is 33.1 Å². The Morgan fingerprint density at radius 2 is 0.962 bits per heavy atom. The molecule has 11 aromatic rings. The van der Waals surface area contributed by atoms with Crippen LogP contribution in [0.3, 0.4) is 0 Å². The number of benzene rings is 9. The maximum Gasteiger partial charge on any atom is 0.145 e. The van der Waals surface area contributed by atoms with Crippen molar-refractivity contribution in [3.05, 3.63) is 188 Å². The van der Waals surface area contributed by atoms with Gasteiger partial charge < -0.3 is 13.7 Å². The first kappa shape index (κ1) is 29.6. The van der Waals surface area contributed by atoms with Crippen LogP contribution in [0.15, 0.2) is 197 Å². The second-order valence-corrected chi connectivity index (χ2v) is 13.7. The molecule has 0 radical (unpaired) electrons. The lowest BCUT2D eigenvalue weighted by molar-refractivity contribution is 0.669. The lowest BCUT2D eigenvalue weighted by atomic mass is 9.98. The van der Waals surface area contributed by atoms with E-state index in [1.165, 1.54) is 21.5 Å². The molecule has 0 atom stereocenters. The van der Waals surface area contributed by atoms with Crippen molar-refractivity contribution in [2.75, 3.05) is 4.90 Å². The van der Waals surface area contributed by atoms with E-state index < -0.39 is 0 Å². The zero-order chi connectivity index (χ0) is 34.9. The summed E-state index contributed by atoms with van der Waals surface area (Å²) in [5, 5.41) is 9.32. The normalized spacial score (nSPS) is 11.8. The molecular weight excluding hydrogens is 647 g/mol. The Balaban J connectivity index is 1.14. The third-order valence-corrected chi connectivity index (χ3v) is 10.7. The Hall–Kier alpha value is -7.10. The molecule has 3 nitrogen and oxygen atoms in total. The Morgan fingerprint density at radius 3 is 1.79 bits per heavy atom. The van der Waals surface area contributed by atoms with E-state index in [-0.39, 0.29) is 0 Å². The first-order chi connectivity index (χ1) is 26.3. The Kier molecular flexibility index (Phi) is 6.55. The number of hydrogen-bond acceptors (Lipinski definition) is 3. The van der Waals surface area contributed by atoms with Crippen molar-refractivity contribution in [2.45, 2.75) is 0 Å². The molecule has 0 aliphatic rings. The van der Waals surface area contributed by atoms with Gasteiger partial charge in [-0.25, -0.2) is 0 Å². The lowest BCUT2D eigenvalue weighted by Crippen LogP contribution is -2.10. The van der Waals surface area contributed by atoms with Gasteiger partial charge in [0.1, 0.15) is 22.3 Å². The summed E-state index contributed by atoms with van der Waals surface area (Å²) >= 11 is 0. The molecular formula is C50H31NO2. The highest BCUT2D eigenvalue weighted by molar-refractivity contribution is 6.18. The van der Waals surface area contributed by atoms with Gasteiger partial charge in [0.05, 0.1) is 11.1 Å². The minimum atomic E-state index is 0.870. The van der Waals surface area contributed by atoms with Crippen molar-refractivity contribution < 1.29 is 8.83 Å². The summed E-state index contributed by atoms with van der Waals surface area (Å²) in [7, 11) is 0. The summed E-state index contributed by atoms with van der Waals surface area (Å²) < 4.78 is 12.9. The van der Waals surface area contributed by atoms with Gasteiger partial charge in [0.2, 0.25) is 0 Å². The maximum atomic E-state index is 6.73. The molecule has 0 fully saturated rings. The monoisotopic (exact) mass is 677 g/mol. The highest BCUT2D eigenvalue weighted by Gasteiger charge is 2.22. The van der Waals surface area contributed by atoms with Gasteiger partial charge in [-0.2, -0.15) is 0 Å². The van der Waals surface area contributed by atoms with E-state index in [1.54, 1.807) is 0 Å². The molecule has 2 heterocycles. The van der Waals surface area contributed by atoms with E-state index in [1.807, 2.05) is 18.2 Å². The van der Waals surface area contributed by atoms with E-state index in [2.05, 4.69) is 175 Å². The minimum absolute atomic E-state index is 0.870. The second kappa shape index (κ2) is 11.7. The molecule has 0 aliphatic heterocycles. The fourth-order valence-corrected chi connectivity index (χ4v) is 8.11. The molecule has 0 saturated heterocycles. The topological polar surface area (TPSA) is 29.5 Å². The van der Waals surface area contributed by atoms with Gasteiger partial charge in [-0.3, -0.25) is 0 Å². The second-order valence-electron chi connectivity index (χ2n) is 13.7. The highest BCUT2D eigenvalue weighted by Crippen LogP contribution is 2.47. The van der Waals surface area contributed by atoms with Crippen LogP contribution in [-0.4, -0.2) is 0 Å². The SMILES string of the molecule is c1ccc(-c2ccc(N(c3ccc(-c4ccc5oc6ccccc6c5c4)cc3)c3ccc4ccc5ccccc5c4c3)c3c2oc2ccccc23)cc1. The van der Waals surface area contributed by atoms with E-state index in [0.29, 0.717) is 0 Å². The van der Waals surface area contributed by atoms with Crippen LogP contribution in [0.25, 0.3) is 87.7 Å². The summed E-state index contributed by atoms with van der Waals surface area (Å²) in [6.45, 7) is 0. The molecule has 11 rings (SSSR count). The van der Waals surface area contributed by atoms with Crippen molar-refractivity contribution in [1.29, 1.82) is 0 Å². The molecule has 0 amide bonds. The van der Waals surface area contributed by atoms with Crippen molar-refractivity contribution in [3.63, 3.8) is 0 Å². The van der Waals surface area contributed by atoms with Crippen LogP contribution in [0.4, 0.5) is 17.1 Å². The minimum Gasteiger partial charge on any atom is -0.456 e. The number of hydrogen-bond donors (Lipinski definition) is 0. The fourth-order valence-electron chi connectivity index (χ4n) is 8.11. The van der Waals surface area contributed by atoms with Crippen LogP contribution in [0.5, 0.6) is 0 Å². The number of anilines is 3. The Labute approximate surface area is 305 Å². The van der Waals surface area contributed by atoms with Crippen molar-refractivity contribution in [3.8, 4) is 22.3 Å². The van der Waals surface area contributed by atoms with Gasteiger partial charge in [0.15, 0.2) is 0 Å². The number of para-hydroxylation sites is 2. The number of furan rings is 2. The first-order valence-electron chi connectivity index (χ1n) is 18.0. The molecule has 0 bridgehead atoms. The highest BCUT2D eigenvalue weighted by atomic mass is 16.3. The molecule has 0 spiro atoms. The summed E-state index contributed by atoms with van der Waals surface area (Å²) in [6, 6.07) is 66.9.